The number of hydrogen-bond acceptors (Lipinski definition) is 4. The second-order valence-corrected chi connectivity index (χ2v) is 5.97. The number of phenolic OH excluding ortho intramolecular Hbond substituents is 1. The molecule has 4 rings (SSSR count). The zero-order valence-electron chi connectivity index (χ0n) is 13.9. The van der Waals surface area contributed by atoms with Gasteiger partial charge >= 0.3 is 0 Å². The van der Waals surface area contributed by atoms with Crippen molar-refractivity contribution in [2.45, 2.75) is 13.1 Å². The molecule has 1 aliphatic heterocycles. The number of aromatic hydroxyl groups is 1. The fourth-order valence-electron chi connectivity index (χ4n) is 2.86. The largest absolute Gasteiger partial charge is 0.507 e. The molecule has 0 saturated heterocycles. The van der Waals surface area contributed by atoms with Crippen LogP contribution in [0, 0.1) is 11.8 Å². The van der Waals surface area contributed by atoms with Crippen molar-refractivity contribution in [2.24, 2.45) is 0 Å². The van der Waals surface area contributed by atoms with E-state index in [9.17, 15) is 9.90 Å². The summed E-state index contributed by atoms with van der Waals surface area (Å²) in [6.45, 7) is 1.03. The Balaban J connectivity index is 1.59. The lowest BCUT2D eigenvalue weighted by molar-refractivity contribution is 0.0750. The number of carbonyl (C=O) groups excluding carboxylic acids is 1. The number of nitrogens with zero attached hydrogens (tertiary/aromatic N) is 3. The number of amides is 1. The van der Waals surface area contributed by atoms with E-state index in [-0.39, 0.29) is 11.7 Å². The van der Waals surface area contributed by atoms with Crippen LogP contribution in [0.5, 0.6) is 5.75 Å². The number of phenols is 1. The van der Waals surface area contributed by atoms with Crippen molar-refractivity contribution >= 4 is 5.91 Å². The zero-order valence-corrected chi connectivity index (χ0v) is 13.9. The van der Waals surface area contributed by atoms with E-state index in [0.717, 1.165) is 11.3 Å². The highest BCUT2D eigenvalue weighted by Crippen LogP contribution is 2.24. The first kappa shape index (κ1) is 15.9. The summed E-state index contributed by atoms with van der Waals surface area (Å²) in [5.41, 5.74) is 3.48. The predicted octanol–water partition coefficient (Wildman–Crippen LogP) is 2.74. The molecule has 0 radical (unpaired) electrons. The minimum Gasteiger partial charge on any atom is -0.507 e. The zero-order chi connectivity index (χ0) is 17.9. The Morgan fingerprint density at radius 3 is 2.69 bits per heavy atom. The summed E-state index contributed by atoms with van der Waals surface area (Å²) < 4.78 is 0. The van der Waals surface area contributed by atoms with E-state index in [0.29, 0.717) is 29.9 Å². The number of rotatable bonds is 1. The monoisotopic (exact) mass is 341 g/mol. The van der Waals surface area contributed by atoms with Gasteiger partial charge in [0.1, 0.15) is 11.4 Å². The van der Waals surface area contributed by atoms with Crippen LogP contribution in [0.25, 0.3) is 0 Å². The van der Waals surface area contributed by atoms with Gasteiger partial charge in [-0.15, -0.1) is 0 Å². The predicted molar refractivity (Wildman–Crippen MR) is 96.1 cm³/mol. The third kappa shape index (κ3) is 3.13. The van der Waals surface area contributed by atoms with Crippen LogP contribution in [0.2, 0.25) is 0 Å². The summed E-state index contributed by atoms with van der Waals surface area (Å²) in [4.78, 5) is 23.0. The van der Waals surface area contributed by atoms with Gasteiger partial charge in [-0.05, 0) is 47.9 Å². The van der Waals surface area contributed by atoms with Gasteiger partial charge in [0.05, 0.1) is 17.8 Å². The summed E-state index contributed by atoms with van der Waals surface area (Å²) in [5.74, 6) is 5.71. The highest BCUT2D eigenvalue weighted by atomic mass is 16.3. The normalized spacial score (nSPS) is 12.2. The standard InChI is InChI=1S/C21H15N3O2/c25-20-9-7-16(12-15(20)6-8-18-5-1-2-10-22-18)21(26)24-13-17-4-3-11-23-19(17)14-24/h1-5,7,9-12,25H,13-14H2. The van der Waals surface area contributed by atoms with Gasteiger partial charge in [0.15, 0.2) is 0 Å². The molecular formula is C21H15N3O2. The van der Waals surface area contributed by atoms with Crippen molar-refractivity contribution in [2.75, 3.05) is 0 Å². The van der Waals surface area contributed by atoms with Crippen LogP contribution in [0.15, 0.2) is 60.9 Å². The molecule has 126 valence electrons. The van der Waals surface area contributed by atoms with Crippen LogP contribution >= 0.6 is 0 Å². The fraction of sp³-hybridized carbons (Fsp3) is 0.0952. The number of hydrogen-bond donors (Lipinski definition) is 1. The van der Waals surface area contributed by atoms with Crippen LogP contribution in [-0.4, -0.2) is 25.9 Å². The topological polar surface area (TPSA) is 66.3 Å². The Bertz CT molecular complexity index is 1010. The number of pyridine rings is 2. The molecule has 1 N–H and O–H groups in total. The molecule has 3 heterocycles. The van der Waals surface area contributed by atoms with Crippen molar-refractivity contribution in [3.8, 4) is 17.6 Å². The van der Waals surface area contributed by atoms with Crippen molar-refractivity contribution in [3.63, 3.8) is 0 Å². The van der Waals surface area contributed by atoms with Gasteiger partial charge < -0.3 is 10.0 Å². The molecule has 2 aromatic heterocycles. The Hall–Kier alpha value is -3.65. The minimum absolute atomic E-state index is 0.0383. The molecule has 0 saturated carbocycles. The highest BCUT2D eigenvalue weighted by molar-refractivity contribution is 5.95. The maximum Gasteiger partial charge on any atom is 0.254 e. The lowest BCUT2D eigenvalue weighted by atomic mass is 10.1. The summed E-state index contributed by atoms with van der Waals surface area (Å²) >= 11 is 0. The Kier molecular flexibility index (Phi) is 4.08. The average molecular weight is 341 g/mol. The lowest BCUT2D eigenvalue weighted by Gasteiger charge is -2.15. The van der Waals surface area contributed by atoms with Gasteiger partial charge in [-0.3, -0.25) is 9.78 Å². The van der Waals surface area contributed by atoms with Gasteiger partial charge in [0, 0.05) is 24.5 Å². The summed E-state index contributed by atoms with van der Waals surface area (Å²) in [6, 6.07) is 14.0. The third-order valence-electron chi connectivity index (χ3n) is 4.21. The van der Waals surface area contributed by atoms with Crippen LogP contribution in [0.3, 0.4) is 0 Å². The molecule has 0 bridgehead atoms. The number of aromatic nitrogens is 2. The van der Waals surface area contributed by atoms with Gasteiger partial charge in [0.2, 0.25) is 0 Å². The molecule has 1 aromatic carbocycles. The van der Waals surface area contributed by atoms with E-state index in [2.05, 4.69) is 21.8 Å². The quantitative estimate of drug-likeness (QED) is 0.691. The van der Waals surface area contributed by atoms with Crippen LogP contribution in [0.4, 0.5) is 0 Å². The summed E-state index contributed by atoms with van der Waals surface area (Å²) in [6.07, 6.45) is 3.39. The number of fused-ring (bicyclic) bond motifs is 1. The van der Waals surface area contributed by atoms with E-state index in [1.165, 1.54) is 6.07 Å². The first-order chi connectivity index (χ1) is 12.7. The molecule has 0 spiro atoms. The molecule has 1 amide bonds. The smallest absolute Gasteiger partial charge is 0.254 e. The highest BCUT2D eigenvalue weighted by Gasteiger charge is 2.25. The SMILES string of the molecule is O=C(c1ccc(O)c(C#Cc2ccccn2)c1)N1Cc2cccnc2C1. The Morgan fingerprint density at radius 2 is 1.88 bits per heavy atom. The van der Waals surface area contributed by atoms with Gasteiger partial charge in [-0.2, -0.15) is 0 Å². The second kappa shape index (κ2) is 6.69. The molecule has 5 heteroatoms. The lowest BCUT2D eigenvalue weighted by Crippen LogP contribution is -2.25. The second-order valence-electron chi connectivity index (χ2n) is 5.97. The van der Waals surface area contributed by atoms with E-state index in [1.54, 1.807) is 35.5 Å². The molecule has 26 heavy (non-hydrogen) atoms. The van der Waals surface area contributed by atoms with Crippen molar-refractivity contribution in [1.29, 1.82) is 0 Å². The van der Waals surface area contributed by atoms with Crippen molar-refractivity contribution in [3.05, 3.63) is 89.0 Å². The van der Waals surface area contributed by atoms with Gasteiger partial charge in [0.25, 0.3) is 5.91 Å². The molecular weight excluding hydrogens is 326 g/mol. The molecule has 3 aromatic rings. The molecule has 0 unspecified atom stereocenters. The van der Waals surface area contributed by atoms with E-state index in [4.69, 9.17) is 0 Å². The minimum atomic E-state index is -0.108. The maximum absolute atomic E-state index is 12.8. The molecule has 5 nitrogen and oxygen atoms in total. The molecule has 0 fully saturated rings. The van der Waals surface area contributed by atoms with Crippen LogP contribution in [0.1, 0.15) is 32.9 Å². The maximum atomic E-state index is 12.8. The molecule has 1 aliphatic rings. The van der Waals surface area contributed by atoms with E-state index >= 15 is 0 Å². The number of carbonyl (C=O) groups is 1. The van der Waals surface area contributed by atoms with E-state index < -0.39 is 0 Å². The molecule has 0 atom stereocenters. The Morgan fingerprint density at radius 1 is 1.00 bits per heavy atom. The molecule has 0 aliphatic carbocycles. The van der Waals surface area contributed by atoms with Crippen LogP contribution in [-0.2, 0) is 13.1 Å². The summed E-state index contributed by atoms with van der Waals surface area (Å²) in [7, 11) is 0. The first-order valence-electron chi connectivity index (χ1n) is 8.19. The van der Waals surface area contributed by atoms with Crippen LogP contribution < -0.4 is 0 Å². The average Bonchev–Trinajstić information content (AvgIpc) is 3.12. The Labute approximate surface area is 151 Å². The van der Waals surface area contributed by atoms with Gasteiger partial charge in [-0.25, -0.2) is 4.98 Å². The fourth-order valence-corrected chi connectivity index (χ4v) is 2.86. The number of benzene rings is 1. The van der Waals surface area contributed by atoms with Crippen molar-refractivity contribution < 1.29 is 9.90 Å². The van der Waals surface area contributed by atoms with E-state index in [1.807, 2.05) is 24.3 Å². The first-order valence-corrected chi connectivity index (χ1v) is 8.19. The van der Waals surface area contributed by atoms with Gasteiger partial charge in [-0.1, -0.05) is 18.1 Å². The third-order valence-corrected chi connectivity index (χ3v) is 4.21. The van der Waals surface area contributed by atoms with Crippen molar-refractivity contribution in [1.82, 2.24) is 14.9 Å². The summed E-state index contributed by atoms with van der Waals surface area (Å²) in [5, 5.41) is 10.0.